The lowest BCUT2D eigenvalue weighted by molar-refractivity contribution is -0.135. The van der Waals surface area contributed by atoms with Gasteiger partial charge >= 0.3 is 6.03 Å². The van der Waals surface area contributed by atoms with E-state index in [4.69, 9.17) is 0 Å². The van der Waals surface area contributed by atoms with Crippen molar-refractivity contribution in [1.82, 2.24) is 15.5 Å². The molecule has 1 fully saturated rings. The number of urea groups is 1. The summed E-state index contributed by atoms with van der Waals surface area (Å²) in [4.78, 5) is 37.4. The molecule has 0 bridgehead atoms. The second-order valence-electron chi connectivity index (χ2n) is 6.87. The zero-order valence-corrected chi connectivity index (χ0v) is 13.9. The summed E-state index contributed by atoms with van der Waals surface area (Å²) in [5.74, 6) is -3.39. The summed E-state index contributed by atoms with van der Waals surface area (Å²) in [6.07, 6.45) is 0. The fourth-order valence-electron chi connectivity index (χ4n) is 2.44. The van der Waals surface area contributed by atoms with Crippen LogP contribution in [0.25, 0.3) is 0 Å². The molecule has 0 aromatic heterocycles. The van der Waals surface area contributed by atoms with Crippen molar-refractivity contribution in [3.8, 4) is 0 Å². The highest BCUT2D eigenvalue weighted by molar-refractivity contribution is 6.09. The lowest BCUT2D eigenvalue weighted by atomic mass is 9.92. The number of hydrogen-bond acceptors (Lipinski definition) is 3. The molecule has 2 rings (SSSR count). The van der Waals surface area contributed by atoms with E-state index in [9.17, 15) is 23.2 Å². The molecule has 4 amide bonds. The Morgan fingerprint density at radius 1 is 1.25 bits per heavy atom. The molecule has 0 aliphatic carbocycles. The quantitative estimate of drug-likeness (QED) is 0.822. The molecular formula is C16H19F2N3O3. The summed E-state index contributed by atoms with van der Waals surface area (Å²) in [6, 6.07) is 2.18. The topological polar surface area (TPSA) is 78.5 Å². The van der Waals surface area contributed by atoms with Crippen molar-refractivity contribution in [1.29, 1.82) is 0 Å². The Morgan fingerprint density at radius 3 is 2.42 bits per heavy atom. The number of benzene rings is 1. The molecule has 0 saturated carbocycles. The molecule has 1 unspecified atom stereocenters. The second-order valence-corrected chi connectivity index (χ2v) is 6.87. The number of imide groups is 1. The normalized spacial score (nSPS) is 21.0. The first-order valence-corrected chi connectivity index (χ1v) is 7.35. The van der Waals surface area contributed by atoms with Gasteiger partial charge in [0, 0.05) is 5.54 Å². The summed E-state index contributed by atoms with van der Waals surface area (Å²) in [6.45, 7) is 6.22. The fraction of sp³-hybridized carbons (Fsp3) is 0.438. The first-order chi connectivity index (χ1) is 10.9. The minimum absolute atomic E-state index is 0.0958. The molecule has 2 N–H and O–H groups in total. The molecule has 1 aliphatic heterocycles. The predicted molar refractivity (Wildman–Crippen MR) is 81.9 cm³/mol. The number of nitrogens with one attached hydrogen (secondary N) is 2. The molecule has 0 spiro atoms. The monoisotopic (exact) mass is 339 g/mol. The molecule has 24 heavy (non-hydrogen) atoms. The van der Waals surface area contributed by atoms with Gasteiger partial charge in [0.15, 0.2) is 11.6 Å². The minimum Gasteiger partial charge on any atom is -0.350 e. The van der Waals surface area contributed by atoms with Crippen molar-refractivity contribution in [3.63, 3.8) is 0 Å². The third-order valence-corrected chi connectivity index (χ3v) is 3.59. The number of amides is 4. The van der Waals surface area contributed by atoms with Gasteiger partial charge in [-0.1, -0.05) is 6.07 Å². The van der Waals surface area contributed by atoms with Crippen molar-refractivity contribution in [2.75, 3.05) is 6.54 Å². The van der Waals surface area contributed by atoms with E-state index in [1.54, 1.807) is 20.8 Å². The van der Waals surface area contributed by atoms with Gasteiger partial charge in [0.05, 0.1) is 0 Å². The minimum atomic E-state index is -1.56. The van der Waals surface area contributed by atoms with E-state index >= 15 is 0 Å². The molecule has 0 radical (unpaired) electrons. The van der Waals surface area contributed by atoms with Crippen LogP contribution in [0.1, 0.15) is 33.3 Å². The molecule has 130 valence electrons. The zero-order valence-electron chi connectivity index (χ0n) is 13.9. The summed E-state index contributed by atoms with van der Waals surface area (Å²) in [5, 5.41) is 5.08. The van der Waals surface area contributed by atoms with Crippen LogP contribution in [0.3, 0.4) is 0 Å². The third kappa shape index (κ3) is 3.37. The molecule has 1 atom stereocenters. The average Bonchev–Trinajstić information content (AvgIpc) is 2.64. The Morgan fingerprint density at radius 2 is 1.88 bits per heavy atom. The highest BCUT2D eigenvalue weighted by atomic mass is 19.2. The van der Waals surface area contributed by atoms with E-state index in [2.05, 4.69) is 10.6 Å². The number of hydrogen-bond donors (Lipinski definition) is 2. The lowest BCUT2D eigenvalue weighted by Gasteiger charge is -2.24. The van der Waals surface area contributed by atoms with Gasteiger partial charge in [0.2, 0.25) is 5.91 Å². The van der Waals surface area contributed by atoms with E-state index in [1.165, 1.54) is 13.0 Å². The fourth-order valence-corrected chi connectivity index (χ4v) is 2.44. The largest absolute Gasteiger partial charge is 0.350 e. The van der Waals surface area contributed by atoms with Crippen LogP contribution in [0.4, 0.5) is 13.6 Å². The van der Waals surface area contributed by atoms with Crippen LogP contribution in [-0.2, 0) is 15.1 Å². The first kappa shape index (κ1) is 17.8. The standard InChI is InChI=1S/C16H19F2N3O3/c1-15(2,3)19-12(22)8-21-13(23)16(4,20-14(21)24)9-5-6-10(17)11(18)7-9/h5-7H,8H2,1-4H3,(H,19,22)(H,20,24). The van der Waals surface area contributed by atoms with Gasteiger partial charge in [0.1, 0.15) is 12.1 Å². The van der Waals surface area contributed by atoms with Gasteiger partial charge < -0.3 is 10.6 Å². The summed E-state index contributed by atoms with van der Waals surface area (Å²) < 4.78 is 26.5. The second kappa shape index (κ2) is 5.85. The van der Waals surface area contributed by atoms with Crippen molar-refractivity contribution >= 4 is 17.8 Å². The van der Waals surface area contributed by atoms with Gasteiger partial charge in [-0.3, -0.25) is 14.5 Å². The predicted octanol–water partition coefficient (Wildman–Crippen LogP) is 1.65. The van der Waals surface area contributed by atoms with Crippen LogP contribution in [0.5, 0.6) is 0 Å². The summed E-state index contributed by atoms with van der Waals surface area (Å²) in [7, 11) is 0. The van der Waals surface area contributed by atoms with Crippen molar-refractivity contribution in [2.45, 2.75) is 38.8 Å². The van der Waals surface area contributed by atoms with E-state index in [-0.39, 0.29) is 5.56 Å². The summed E-state index contributed by atoms with van der Waals surface area (Å²) >= 11 is 0. The third-order valence-electron chi connectivity index (χ3n) is 3.59. The lowest BCUT2D eigenvalue weighted by Crippen LogP contribution is -2.48. The maximum absolute atomic E-state index is 13.4. The molecular weight excluding hydrogens is 320 g/mol. The van der Waals surface area contributed by atoms with E-state index in [0.717, 1.165) is 17.0 Å². The van der Waals surface area contributed by atoms with Gasteiger partial charge in [0.25, 0.3) is 5.91 Å². The van der Waals surface area contributed by atoms with E-state index < -0.39 is 47.1 Å². The van der Waals surface area contributed by atoms with Gasteiger partial charge in [-0.2, -0.15) is 0 Å². The molecule has 1 aromatic carbocycles. The molecule has 1 aromatic rings. The van der Waals surface area contributed by atoms with Crippen molar-refractivity contribution in [2.24, 2.45) is 0 Å². The highest BCUT2D eigenvalue weighted by Crippen LogP contribution is 2.29. The Kier molecular flexibility index (Phi) is 4.34. The molecule has 1 saturated heterocycles. The van der Waals surface area contributed by atoms with Crippen LogP contribution in [0, 0.1) is 11.6 Å². The van der Waals surface area contributed by atoms with Crippen LogP contribution in [-0.4, -0.2) is 34.8 Å². The number of rotatable bonds is 3. The Hall–Kier alpha value is -2.51. The smallest absolute Gasteiger partial charge is 0.325 e. The van der Waals surface area contributed by atoms with Crippen LogP contribution < -0.4 is 10.6 Å². The average molecular weight is 339 g/mol. The molecule has 8 heteroatoms. The molecule has 1 heterocycles. The van der Waals surface area contributed by atoms with Crippen molar-refractivity contribution in [3.05, 3.63) is 35.4 Å². The Labute approximate surface area is 138 Å². The zero-order chi connectivity index (χ0) is 18.3. The van der Waals surface area contributed by atoms with Gasteiger partial charge in [-0.15, -0.1) is 0 Å². The SMILES string of the molecule is CC(C)(C)NC(=O)CN1C(=O)NC(C)(c2ccc(F)c(F)c2)C1=O. The maximum atomic E-state index is 13.4. The van der Waals surface area contributed by atoms with Crippen molar-refractivity contribution < 1.29 is 23.2 Å². The summed E-state index contributed by atoms with van der Waals surface area (Å²) in [5.41, 5.74) is -1.98. The number of nitrogens with zero attached hydrogens (tertiary/aromatic N) is 1. The first-order valence-electron chi connectivity index (χ1n) is 7.35. The maximum Gasteiger partial charge on any atom is 0.325 e. The highest BCUT2D eigenvalue weighted by Gasteiger charge is 2.49. The number of carbonyl (C=O) groups is 3. The van der Waals surface area contributed by atoms with Gasteiger partial charge in [-0.05, 0) is 45.4 Å². The van der Waals surface area contributed by atoms with E-state index in [0.29, 0.717) is 0 Å². The van der Waals surface area contributed by atoms with Crippen LogP contribution >= 0.6 is 0 Å². The number of carbonyl (C=O) groups excluding carboxylic acids is 3. The van der Waals surface area contributed by atoms with Crippen LogP contribution in [0.2, 0.25) is 0 Å². The van der Waals surface area contributed by atoms with Crippen LogP contribution in [0.15, 0.2) is 18.2 Å². The molecule has 1 aliphatic rings. The Bertz CT molecular complexity index is 715. The van der Waals surface area contributed by atoms with Gasteiger partial charge in [-0.25, -0.2) is 13.6 Å². The number of halogens is 2. The van der Waals surface area contributed by atoms with E-state index in [1.807, 2.05) is 0 Å². The Balaban J connectivity index is 2.24. The molecule has 6 nitrogen and oxygen atoms in total.